The van der Waals surface area contributed by atoms with Gasteiger partial charge in [0.2, 0.25) is 0 Å². The van der Waals surface area contributed by atoms with Gasteiger partial charge in [0.25, 0.3) is 0 Å². The first-order valence-electron chi connectivity index (χ1n) is 4.48. The Kier molecular flexibility index (Phi) is 2.55. The molecule has 2 aromatic rings. The molecule has 4 nitrogen and oxygen atoms in total. The third-order valence-electron chi connectivity index (χ3n) is 2.01. The van der Waals surface area contributed by atoms with Gasteiger partial charge in [-0.25, -0.2) is 9.97 Å². The second-order valence-corrected chi connectivity index (χ2v) is 3.18. The molecule has 0 aromatic carbocycles. The third kappa shape index (κ3) is 2.25. The molecule has 0 amide bonds. The van der Waals surface area contributed by atoms with E-state index in [1.54, 1.807) is 0 Å². The number of pyridine rings is 1. The van der Waals surface area contributed by atoms with Crippen molar-refractivity contribution in [2.45, 2.75) is 6.18 Å². The second-order valence-electron chi connectivity index (χ2n) is 3.18. The summed E-state index contributed by atoms with van der Waals surface area (Å²) in [6, 6.07) is 4.78. The SMILES string of the molecule is N#Cc1ccc(-n2cnc(C(F)(F)F)c2)nc1. The van der Waals surface area contributed by atoms with E-state index in [-0.39, 0.29) is 5.82 Å². The number of imidazole rings is 1. The van der Waals surface area contributed by atoms with Crippen LogP contribution in [0.1, 0.15) is 11.3 Å². The van der Waals surface area contributed by atoms with Crippen LogP contribution >= 0.6 is 0 Å². The van der Waals surface area contributed by atoms with E-state index in [1.165, 1.54) is 18.3 Å². The highest BCUT2D eigenvalue weighted by Gasteiger charge is 2.33. The zero-order valence-electron chi connectivity index (χ0n) is 8.31. The van der Waals surface area contributed by atoms with Gasteiger partial charge in [-0.15, -0.1) is 0 Å². The van der Waals surface area contributed by atoms with Gasteiger partial charge in [0.05, 0.1) is 5.56 Å². The van der Waals surface area contributed by atoms with E-state index >= 15 is 0 Å². The van der Waals surface area contributed by atoms with Gasteiger partial charge in [-0.05, 0) is 12.1 Å². The van der Waals surface area contributed by atoms with Crippen molar-refractivity contribution >= 4 is 0 Å². The summed E-state index contributed by atoms with van der Waals surface area (Å²) in [5.41, 5.74) is -0.645. The van der Waals surface area contributed by atoms with Crippen LogP contribution in [0.2, 0.25) is 0 Å². The van der Waals surface area contributed by atoms with Crippen molar-refractivity contribution in [3.05, 3.63) is 42.1 Å². The largest absolute Gasteiger partial charge is 0.434 e. The normalized spacial score (nSPS) is 11.2. The molecule has 0 saturated heterocycles. The van der Waals surface area contributed by atoms with Crippen LogP contribution in [0, 0.1) is 11.3 Å². The van der Waals surface area contributed by atoms with Gasteiger partial charge in [0.1, 0.15) is 18.2 Å². The number of rotatable bonds is 1. The lowest BCUT2D eigenvalue weighted by molar-refractivity contribution is -0.140. The molecule has 2 aromatic heterocycles. The molecule has 0 aliphatic heterocycles. The highest BCUT2D eigenvalue weighted by molar-refractivity contribution is 5.32. The Morgan fingerprint density at radius 3 is 2.47 bits per heavy atom. The number of alkyl halides is 3. The Labute approximate surface area is 94.0 Å². The lowest BCUT2D eigenvalue weighted by atomic mass is 10.3. The predicted octanol–water partition coefficient (Wildman–Crippen LogP) is 2.16. The van der Waals surface area contributed by atoms with E-state index < -0.39 is 11.9 Å². The average molecular weight is 238 g/mol. The molecule has 17 heavy (non-hydrogen) atoms. The molecule has 0 spiro atoms. The Morgan fingerprint density at radius 2 is 2.00 bits per heavy atom. The van der Waals surface area contributed by atoms with E-state index in [2.05, 4.69) is 9.97 Å². The number of hydrogen-bond donors (Lipinski definition) is 0. The molecular formula is C10H5F3N4. The molecule has 0 unspecified atom stereocenters. The van der Waals surface area contributed by atoms with E-state index in [0.717, 1.165) is 17.1 Å². The summed E-state index contributed by atoms with van der Waals surface area (Å²) >= 11 is 0. The summed E-state index contributed by atoms with van der Waals surface area (Å²) in [5.74, 6) is 0.270. The highest BCUT2D eigenvalue weighted by atomic mass is 19.4. The summed E-state index contributed by atoms with van der Waals surface area (Å²) in [6.07, 6.45) is -1.33. The maximum Gasteiger partial charge on any atom is 0.434 e. The molecule has 2 rings (SSSR count). The zero-order valence-corrected chi connectivity index (χ0v) is 8.31. The smallest absolute Gasteiger partial charge is 0.290 e. The summed E-state index contributed by atoms with van der Waals surface area (Å²) in [6.45, 7) is 0. The minimum absolute atomic E-state index is 0.270. The lowest BCUT2D eigenvalue weighted by Crippen LogP contribution is -2.05. The number of aromatic nitrogens is 3. The first kappa shape index (κ1) is 11.1. The number of nitrogens with zero attached hydrogens (tertiary/aromatic N) is 4. The van der Waals surface area contributed by atoms with Gasteiger partial charge in [0, 0.05) is 12.4 Å². The fraction of sp³-hybridized carbons (Fsp3) is 0.100. The van der Waals surface area contributed by atoms with Crippen molar-refractivity contribution in [3.8, 4) is 11.9 Å². The lowest BCUT2D eigenvalue weighted by Gasteiger charge is -2.01. The van der Waals surface area contributed by atoms with Crippen LogP contribution in [0.3, 0.4) is 0 Å². The zero-order chi connectivity index (χ0) is 12.5. The summed E-state index contributed by atoms with van der Waals surface area (Å²) in [5, 5.41) is 8.55. The van der Waals surface area contributed by atoms with E-state index in [4.69, 9.17) is 5.26 Å². The average Bonchev–Trinajstić information content (AvgIpc) is 2.78. The van der Waals surface area contributed by atoms with Crippen LogP contribution in [0.5, 0.6) is 0 Å². The van der Waals surface area contributed by atoms with Crippen molar-refractivity contribution in [1.29, 1.82) is 5.26 Å². The van der Waals surface area contributed by atoms with E-state index in [9.17, 15) is 13.2 Å². The first-order valence-corrected chi connectivity index (χ1v) is 4.48. The maximum atomic E-state index is 12.3. The van der Waals surface area contributed by atoms with Crippen LogP contribution in [0.4, 0.5) is 13.2 Å². The molecule has 0 saturated carbocycles. The van der Waals surface area contributed by atoms with Crippen LogP contribution < -0.4 is 0 Å². The molecule has 0 aliphatic rings. The quantitative estimate of drug-likeness (QED) is 0.764. The van der Waals surface area contributed by atoms with Crippen molar-refractivity contribution in [1.82, 2.24) is 14.5 Å². The molecule has 2 heterocycles. The molecule has 0 aliphatic carbocycles. The maximum absolute atomic E-state index is 12.3. The van der Waals surface area contributed by atoms with Crippen LogP contribution in [0.15, 0.2) is 30.9 Å². The topological polar surface area (TPSA) is 54.5 Å². The molecule has 0 fully saturated rings. The molecule has 7 heteroatoms. The van der Waals surface area contributed by atoms with Gasteiger partial charge in [-0.1, -0.05) is 0 Å². The summed E-state index contributed by atoms with van der Waals surface area (Å²) in [4.78, 5) is 7.09. The van der Waals surface area contributed by atoms with Crippen molar-refractivity contribution in [3.63, 3.8) is 0 Å². The molecule has 0 bridgehead atoms. The number of nitriles is 1. The van der Waals surface area contributed by atoms with Crippen LogP contribution in [-0.4, -0.2) is 14.5 Å². The van der Waals surface area contributed by atoms with Crippen molar-refractivity contribution in [2.24, 2.45) is 0 Å². The van der Waals surface area contributed by atoms with Gasteiger partial charge in [-0.3, -0.25) is 4.57 Å². The molecule has 0 radical (unpaired) electrons. The van der Waals surface area contributed by atoms with E-state index in [0.29, 0.717) is 5.56 Å². The fourth-order valence-electron chi connectivity index (χ4n) is 1.20. The van der Waals surface area contributed by atoms with Crippen molar-refractivity contribution < 1.29 is 13.2 Å². The Morgan fingerprint density at radius 1 is 1.24 bits per heavy atom. The van der Waals surface area contributed by atoms with E-state index in [1.807, 2.05) is 6.07 Å². The van der Waals surface area contributed by atoms with Crippen molar-refractivity contribution in [2.75, 3.05) is 0 Å². The van der Waals surface area contributed by atoms with Gasteiger partial charge >= 0.3 is 6.18 Å². The van der Waals surface area contributed by atoms with Crippen LogP contribution in [0.25, 0.3) is 5.82 Å². The standard InChI is InChI=1S/C10H5F3N4/c11-10(12,13)8-5-17(6-16-8)9-2-1-7(3-14)4-15-9/h1-2,4-6H. The summed E-state index contributed by atoms with van der Waals surface area (Å²) < 4.78 is 38.0. The number of halogens is 3. The van der Waals surface area contributed by atoms with Gasteiger partial charge in [-0.2, -0.15) is 18.4 Å². The minimum Gasteiger partial charge on any atom is -0.290 e. The van der Waals surface area contributed by atoms with Gasteiger partial charge in [0.15, 0.2) is 5.69 Å². The Bertz CT molecular complexity index is 562. The highest BCUT2D eigenvalue weighted by Crippen LogP contribution is 2.27. The molecule has 0 atom stereocenters. The fourth-order valence-corrected chi connectivity index (χ4v) is 1.20. The van der Waals surface area contributed by atoms with Gasteiger partial charge < -0.3 is 0 Å². The Balaban J connectivity index is 2.34. The monoisotopic (exact) mass is 238 g/mol. The molecule has 86 valence electrons. The Hall–Kier alpha value is -2.36. The minimum atomic E-state index is -4.47. The third-order valence-corrected chi connectivity index (χ3v) is 2.01. The second kappa shape index (κ2) is 3.90. The number of hydrogen-bond acceptors (Lipinski definition) is 3. The molecule has 0 N–H and O–H groups in total. The summed E-state index contributed by atoms with van der Waals surface area (Å²) in [7, 11) is 0. The molecular weight excluding hydrogens is 233 g/mol. The van der Waals surface area contributed by atoms with Crippen LogP contribution in [-0.2, 0) is 6.18 Å². The predicted molar refractivity (Wildman–Crippen MR) is 51.1 cm³/mol. The first-order chi connectivity index (χ1) is 8.00.